The Morgan fingerprint density at radius 1 is 0.152 bits per heavy atom. The van der Waals surface area contributed by atoms with Gasteiger partial charge in [0.1, 0.15) is 34.9 Å². The third kappa shape index (κ3) is 10.4. The Hall–Kier alpha value is -16.6. The van der Waals surface area contributed by atoms with Crippen molar-refractivity contribution in [3.05, 3.63) is 429 Å². The summed E-state index contributed by atoms with van der Waals surface area (Å²) in [5.41, 5.74) is 29.1. The Labute approximate surface area is 757 Å². The topological polar surface area (TPSA) is 31.9 Å². The largest absolute Gasteiger partial charge is 0.453 e. The van der Waals surface area contributed by atoms with Gasteiger partial charge in [0.05, 0.1) is 45.5 Å². The van der Waals surface area contributed by atoms with Gasteiger partial charge in [-0.05, 0) is 250 Å². The highest BCUT2D eigenvalue weighted by molar-refractivity contribution is 7.07. The van der Waals surface area contributed by atoms with Gasteiger partial charge in [0.25, 0.3) is 26.9 Å². The van der Waals surface area contributed by atoms with Crippen LogP contribution in [0.2, 0.25) is 0 Å². The normalized spacial score (nSPS) is 13.9. The maximum Gasteiger partial charge on any atom is 0.252 e. The molecule has 19 aromatic rings. The van der Waals surface area contributed by atoms with Crippen molar-refractivity contribution in [1.82, 2.24) is 0 Å². The molecule has 0 N–H and O–H groups in total. The summed E-state index contributed by atoms with van der Waals surface area (Å²) in [6.07, 6.45) is 0. The molecule has 616 valence electrons. The molecule has 9 aliphatic rings. The maximum absolute atomic E-state index is 18.9. The van der Waals surface area contributed by atoms with Gasteiger partial charge in [0.15, 0.2) is 11.5 Å². The van der Waals surface area contributed by atoms with Crippen molar-refractivity contribution in [2.45, 2.75) is 0 Å². The highest BCUT2D eigenvalue weighted by Gasteiger charge is 2.58. The minimum absolute atomic E-state index is 0.207. The summed E-state index contributed by atoms with van der Waals surface area (Å²) >= 11 is 0. The van der Waals surface area contributed by atoms with Crippen LogP contribution in [0.4, 0.5) is 146 Å². The van der Waals surface area contributed by atoms with Gasteiger partial charge in [0, 0.05) is 73.9 Å². The predicted molar refractivity (Wildman–Crippen MR) is 529 cm³/mol. The predicted octanol–water partition coefficient (Wildman–Crippen LogP) is 22.2. The molecule has 0 amide bonds. The Morgan fingerprint density at radius 3 is 0.705 bits per heavy atom. The third-order valence-corrected chi connectivity index (χ3v) is 28.5. The molecule has 0 fully saturated rings. The summed E-state index contributed by atoms with van der Waals surface area (Å²) in [6.45, 7) is -2.78. The average Bonchev–Trinajstić information content (AvgIpc) is 0.653. The van der Waals surface area contributed by atoms with Crippen molar-refractivity contribution in [3.63, 3.8) is 0 Å². The second kappa shape index (κ2) is 28.0. The van der Waals surface area contributed by atoms with Crippen LogP contribution in [-0.2, 0) is 0 Å². The van der Waals surface area contributed by atoms with Gasteiger partial charge in [-0.3, -0.25) is 0 Å². The molecule has 0 radical (unpaired) electrons. The maximum atomic E-state index is 18.9. The monoisotopic (exact) mass is 1710 g/mol. The van der Waals surface area contributed by atoms with E-state index in [1.807, 2.05) is 187 Å². The lowest BCUT2D eigenvalue weighted by Gasteiger charge is -2.53. The molecule has 9 heterocycles. The van der Waals surface area contributed by atoms with E-state index >= 15 is 26.3 Å². The van der Waals surface area contributed by atoms with E-state index < -0.39 is 61.8 Å². The van der Waals surface area contributed by atoms with Crippen molar-refractivity contribution >= 4 is 212 Å². The van der Waals surface area contributed by atoms with Crippen molar-refractivity contribution in [1.29, 1.82) is 0 Å². The van der Waals surface area contributed by atoms with Gasteiger partial charge >= 0.3 is 0 Å². The molecule has 19 aromatic carbocycles. The highest BCUT2D eigenvalue weighted by atomic mass is 19.1. The Bertz CT molecular complexity index is 7810. The van der Waals surface area contributed by atoms with Crippen LogP contribution in [0.1, 0.15) is 0 Å². The van der Waals surface area contributed by atoms with Crippen LogP contribution in [0, 0.1) is 34.9 Å². The third-order valence-electron chi connectivity index (χ3n) is 28.5. The van der Waals surface area contributed by atoms with Crippen LogP contribution < -0.4 is 105 Å². The summed E-state index contributed by atoms with van der Waals surface area (Å²) in [7, 11) is 0. The number of para-hydroxylation sites is 6. The van der Waals surface area contributed by atoms with Crippen LogP contribution in [0.25, 0.3) is 44.5 Å². The summed E-state index contributed by atoms with van der Waals surface area (Å²) in [4.78, 5) is 14.5. The van der Waals surface area contributed by atoms with Gasteiger partial charge < -0.3 is 39.0 Å². The Balaban J connectivity index is 0.782. The van der Waals surface area contributed by atoms with Crippen LogP contribution in [-0.4, -0.2) is 26.9 Å². The van der Waals surface area contributed by atoms with E-state index in [-0.39, 0.29) is 22.7 Å². The van der Waals surface area contributed by atoms with Gasteiger partial charge in [0.2, 0.25) is 0 Å². The first-order valence-electron chi connectivity index (χ1n) is 44.5. The molecule has 0 unspecified atom stereocenters. The molecule has 0 spiro atoms. The van der Waals surface area contributed by atoms with Crippen LogP contribution in [0.3, 0.4) is 0 Å². The molecule has 28 rings (SSSR count). The number of hydrogen-bond donors (Lipinski definition) is 0. The fourth-order valence-corrected chi connectivity index (χ4v) is 23.3. The first-order valence-corrected chi connectivity index (χ1v) is 44.5. The van der Waals surface area contributed by atoms with Gasteiger partial charge in [-0.1, -0.05) is 255 Å². The van der Waals surface area contributed by atoms with Crippen LogP contribution >= 0.6 is 0 Å². The minimum Gasteiger partial charge on any atom is -0.453 e. The standard InChI is InChI=1S/C114H65B4F6N7O/c119-82-35-13-19-41-90(82)125-88-53-51-70(66-27-5-1-6-28-66)55-74(88)115-76-61-78-102(63-100(76)127(92-43-21-15-37-84(92)121)98-49-25-47-96(125)108(98)115)129(94-45-23-17-39-86(94)123)104-65-105-111-114-110(104)117(78)80-57-72(68-31-9-3-10-32-68)59-106-112(80)131(114)113-81(58-73(60-107(113)132-106)69-33-11-4-12-34-69)118(111)79-62-77-101(64-103(79)130(105)95-46-24-18-40-87(95)124)128(93-44-22-16-38-85(93)122)99-50-26-48-97-109(99)116(77)75-56-71(67-29-7-2-8-30-67)52-54-89(75)126(97)91-42-20-14-36-83(91)120/h1-65H. The number of rotatable bonds is 10. The number of benzene rings is 19. The zero-order valence-corrected chi connectivity index (χ0v) is 70.1. The molecular formula is C114H65B4F6N7O. The van der Waals surface area contributed by atoms with Crippen LogP contribution in [0.5, 0.6) is 11.5 Å². The molecule has 132 heavy (non-hydrogen) atoms. The summed E-state index contributed by atoms with van der Waals surface area (Å²) in [6, 6.07) is 127. The first kappa shape index (κ1) is 74.5. The average molecular weight is 1710 g/mol. The Morgan fingerprint density at radius 2 is 0.394 bits per heavy atom. The molecule has 18 heteroatoms. The van der Waals surface area contributed by atoms with Crippen molar-refractivity contribution in [2.75, 3.05) is 34.3 Å². The molecule has 0 aliphatic carbocycles. The van der Waals surface area contributed by atoms with Gasteiger partial charge in [-0.15, -0.1) is 0 Å². The second-order valence-electron chi connectivity index (χ2n) is 35.2. The highest BCUT2D eigenvalue weighted by Crippen LogP contribution is 2.60. The molecule has 0 saturated heterocycles. The smallest absolute Gasteiger partial charge is 0.252 e. The van der Waals surface area contributed by atoms with E-state index in [1.54, 1.807) is 60.7 Å². The zero-order valence-electron chi connectivity index (χ0n) is 70.1. The summed E-state index contributed by atoms with van der Waals surface area (Å²) in [5.74, 6) is -1.76. The fourth-order valence-electron chi connectivity index (χ4n) is 23.3. The van der Waals surface area contributed by atoms with E-state index in [9.17, 15) is 0 Å². The van der Waals surface area contributed by atoms with E-state index in [1.165, 1.54) is 36.4 Å². The fraction of sp³-hybridized carbons (Fsp3) is 0. The lowest BCUT2D eigenvalue weighted by Crippen LogP contribution is -2.70. The number of nitrogens with zero attached hydrogens (tertiary/aromatic N) is 7. The quantitative estimate of drug-likeness (QED) is 0.0989. The summed E-state index contributed by atoms with van der Waals surface area (Å²) < 4.78 is 117. The van der Waals surface area contributed by atoms with Gasteiger partial charge in [-0.25, -0.2) is 26.3 Å². The molecular weight excluding hydrogens is 1640 g/mol. The number of halogens is 6. The molecule has 8 nitrogen and oxygen atoms in total. The molecule has 0 bridgehead atoms. The van der Waals surface area contributed by atoms with E-state index in [4.69, 9.17) is 4.74 Å². The van der Waals surface area contributed by atoms with E-state index in [0.29, 0.717) is 79.7 Å². The van der Waals surface area contributed by atoms with Crippen molar-refractivity contribution in [3.8, 4) is 56.0 Å². The van der Waals surface area contributed by atoms with E-state index in [2.05, 4.69) is 144 Å². The molecule has 0 atom stereocenters. The molecule has 9 aliphatic heterocycles. The van der Waals surface area contributed by atoms with Crippen molar-refractivity contribution in [2.24, 2.45) is 0 Å². The number of fused-ring (bicyclic) bond motifs is 14. The zero-order chi connectivity index (χ0) is 87.3. The van der Waals surface area contributed by atoms with E-state index in [0.717, 1.165) is 138 Å². The second-order valence-corrected chi connectivity index (χ2v) is 35.2. The van der Waals surface area contributed by atoms with Crippen molar-refractivity contribution < 1.29 is 31.1 Å². The van der Waals surface area contributed by atoms with Gasteiger partial charge in [-0.2, -0.15) is 0 Å². The number of anilines is 21. The number of hydrogen-bond acceptors (Lipinski definition) is 8. The molecule has 0 saturated carbocycles. The Kier molecular flexibility index (Phi) is 15.8. The summed E-state index contributed by atoms with van der Waals surface area (Å²) in [5, 5.41) is 0. The SMILES string of the molecule is Fc1ccccc1N1c2ccc(-c3ccccc3)cc2B2c3cc4c(cc3N(c3ccccc3F)c3cccc1c32)N(c1ccccc1F)c1cc2c3c5c1B4c1cc(-c4ccccc4)cc4c1N5c1c(cc(-c5ccccc5)cc1B3c1cc3c(cc1N2c1ccccc1F)N(c1ccccc1F)c1cccc2c1B3c1cc(-c3ccccc3)ccc1N2c1ccccc1F)O4. The number of ether oxygens (including phenoxy) is 1. The lowest BCUT2D eigenvalue weighted by atomic mass is 9.27. The molecule has 0 aromatic heterocycles. The first-order chi connectivity index (χ1) is 65.0. The lowest BCUT2D eigenvalue weighted by molar-refractivity contribution is 0.478. The van der Waals surface area contributed by atoms with Crippen LogP contribution in [0.15, 0.2) is 394 Å². The minimum atomic E-state index is -0.758.